The van der Waals surface area contributed by atoms with Crippen LogP contribution in [0, 0.1) is 0 Å². The van der Waals surface area contributed by atoms with Crippen LogP contribution in [0.2, 0.25) is 0 Å². The van der Waals surface area contributed by atoms with Crippen molar-refractivity contribution in [2.75, 3.05) is 6.61 Å². The number of hydrogen-bond acceptors (Lipinski definition) is 5. The fourth-order valence-electron chi connectivity index (χ4n) is 8.20. The molecule has 6 heteroatoms. The Morgan fingerprint density at radius 1 is 0.387 bits per heavy atom. The Morgan fingerprint density at radius 3 is 1.03 bits per heavy atom. The summed E-state index contributed by atoms with van der Waals surface area (Å²) >= 11 is 0. The predicted molar refractivity (Wildman–Crippen MR) is 270 cm³/mol. The molecule has 0 aliphatic heterocycles. The van der Waals surface area contributed by atoms with Gasteiger partial charge < -0.3 is 25.7 Å². The zero-order chi connectivity index (χ0) is 45.2. The summed E-state index contributed by atoms with van der Waals surface area (Å²) in [7, 11) is 0. The maximum atomic E-state index is 12.6. The quantitative estimate of drug-likeness (QED) is 0.0309. The van der Waals surface area contributed by atoms with Gasteiger partial charge in [-0.1, -0.05) is 229 Å². The molecule has 0 rings (SSSR count). The molecule has 62 heavy (non-hydrogen) atoms. The van der Waals surface area contributed by atoms with Crippen molar-refractivity contribution in [3.63, 3.8) is 0 Å². The average molecular weight is 872 g/mol. The lowest BCUT2D eigenvalue weighted by atomic mass is 10.00. The van der Waals surface area contributed by atoms with Gasteiger partial charge in [-0.3, -0.25) is 4.79 Å². The highest BCUT2D eigenvalue weighted by Gasteiger charge is 2.28. The number of allylic oxidation sites excluding steroid dienone is 8. The van der Waals surface area contributed by atoms with Crippen molar-refractivity contribution in [1.82, 2.24) is 5.32 Å². The molecule has 4 unspecified atom stereocenters. The van der Waals surface area contributed by atoms with E-state index in [1.165, 1.54) is 186 Å². The summed E-state index contributed by atoms with van der Waals surface area (Å²) in [5.74, 6) is -0.599. The zero-order valence-corrected chi connectivity index (χ0v) is 41.1. The molecular weight excluding hydrogens is 767 g/mol. The summed E-state index contributed by atoms with van der Waals surface area (Å²) in [4.78, 5) is 12.6. The lowest BCUT2D eigenvalue weighted by molar-refractivity contribution is -0.132. The lowest BCUT2D eigenvalue weighted by Gasteiger charge is -2.27. The minimum atomic E-state index is -1.29. The van der Waals surface area contributed by atoms with Crippen LogP contribution in [0.4, 0.5) is 0 Å². The fraction of sp³-hybridized carbons (Fsp3) is 0.839. The van der Waals surface area contributed by atoms with Crippen molar-refractivity contribution in [1.29, 1.82) is 0 Å². The number of carbonyl (C=O) groups is 1. The normalized spacial score (nSPS) is 14.2. The van der Waals surface area contributed by atoms with Gasteiger partial charge in [0.25, 0.3) is 0 Å². The van der Waals surface area contributed by atoms with Crippen LogP contribution in [0.5, 0.6) is 0 Å². The average Bonchev–Trinajstić information content (AvgIpc) is 3.28. The van der Waals surface area contributed by atoms with Crippen LogP contribution in [0.3, 0.4) is 0 Å². The van der Waals surface area contributed by atoms with Crippen molar-refractivity contribution in [3.8, 4) is 0 Å². The van der Waals surface area contributed by atoms with Crippen LogP contribution in [0.15, 0.2) is 48.6 Å². The van der Waals surface area contributed by atoms with Gasteiger partial charge in [0, 0.05) is 0 Å². The van der Waals surface area contributed by atoms with E-state index in [4.69, 9.17) is 0 Å². The Labute approximate surface area is 385 Å². The maximum Gasteiger partial charge on any atom is 0.249 e. The highest BCUT2D eigenvalue weighted by atomic mass is 16.3. The number of nitrogens with one attached hydrogen (secondary N) is 1. The minimum absolute atomic E-state index is 0.358. The molecule has 4 atom stereocenters. The van der Waals surface area contributed by atoms with Gasteiger partial charge in [-0.15, -0.1) is 0 Å². The second-order valence-corrected chi connectivity index (χ2v) is 18.5. The van der Waals surface area contributed by atoms with Gasteiger partial charge in [-0.25, -0.2) is 0 Å². The van der Waals surface area contributed by atoms with E-state index in [1.807, 2.05) is 0 Å². The molecule has 0 saturated heterocycles. The molecule has 0 fully saturated rings. The van der Waals surface area contributed by atoms with Gasteiger partial charge in [0.15, 0.2) is 0 Å². The molecular formula is C56H105NO5. The summed E-state index contributed by atoms with van der Waals surface area (Å²) in [5, 5.41) is 43.8. The number of hydrogen-bond donors (Lipinski definition) is 5. The summed E-state index contributed by atoms with van der Waals surface area (Å²) in [6.45, 7) is 4.03. The summed E-state index contributed by atoms with van der Waals surface area (Å²) in [6.07, 6.45) is 63.2. The SMILES string of the molecule is CCCCCC/C=C/CC/C=C/CC/C=C/CCCC(O)C(O)C(CO)NC(=O)C(O)CCCCCCCCCCCCCCC/C=C\CCCCCCCCCCCCCC. The maximum absolute atomic E-state index is 12.6. The number of amides is 1. The Hall–Kier alpha value is -1.73. The van der Waals surface area contributed by atoms with Gasteiger partial charge in [0.05, 0.1) is 18.8 Å². The topological polar surface area (TPSA) is 110 Å². The summed E-state index contributed by atoms with van der Waals surface area (Å²) in [5.41, 5.74) is 0. The van der Waals surface area contributed by atoms with Gasteiger partial charge in [-0.05, 0) is 89.9 Å². The van der Waals surface area contributed by atoms with Gasteiger partial charge >= 0.3 is 0 Å². The first kappa shape index (κ1) is 60.3. The minimum Gasteiger partial charge on any atom is -0.394 e. The van der Waals surface area contributed by atoms with Gasteiger partial charge in [-0.2, -0.15) is 0 Å². The van der Waals surface area contributed by atoms with Crippen molar-refractivity contribution < 1.29 is 25.2 Å². The summed E-state index contributed by atoms with van der Waals surface area (Å²) < 4.78 is 0. The number of carbonyl (C=O) groups excluding carboxylic acids is 1. The van der Waals surface area contributed by atoms with Crippen molar-refractivity contribution in [2.45, 2.75) is 295 Å². The molecule has 364 valence electrons. The van der Waals surface area contributed by atoms with Gasteiger partial charge in [0.2, 0.25) is 5.91 Å². The largest absolute Gasteiger partial charge is 0.394 e. The second kappa shape index (κ2) is 50.3. The fourth-order valence-corrected chi connectivity index (χ4v) is 8.20. The molecule has 0 aliphatic rings. The van der Waals surface area contributed by atoms with E-state index in [-0.39, 0.29) is 0 Å². The second-order valence-electron chi connectivity index (χ2n) is 18.5. The molecule has 0 aromatic carbocycles. The molecule has 0 saturated carbocycles. The van der Waals surface area contributed by atoms with Crippen LogP contribution >= 0.6 is 0 Å². The third kappa shape index (κ3) is 43.5. The van der Waals surface area contributed by atoms with E-state index in [0.717, 1.165) is 51.4 Å². The Bertz CT molecular complexity index is 1020. The molecule has 0 heterocycles. The highest BCUT2D eigenvalue weighted by Crippen LogP contribution is 2.16. The van der Waals surface area contributed by atoms with Crippen LogP contribution in [0.1, 0.15) is 271 Å². The van der Waals surface area contributed by atoms with Crippen LogP contribution < -0.4 is 5.32 Å². The van der Waals surface area contributed by atoms with E-state index in [2.05, 4.69) is 67.8 Å². The van der Waals surface area contributed by atoms with E-state index in [0.29, 0.717) is 19.3 Å². The predicted octanol–water partition coefficient (Wildman–Crippen LogP) is 15.4. The van der Waals surface area contributed by atoms with E-state index in [9.17, 15) is 25.2 Å². The Morgan fingerprint density at radius 2 is 0.677 bits per heavy atom. The zero-order valence-electron chi connectivity index (χ0n) is 41.1. The van der Waals surface area contributed by atoms with Crippen LogP contribution in [0.25, 0.3) is 0 Å². The number of unbranched alkanes of at least 4 members (excludes halogenated alkanes) is 32. The highest BCUT2D eigenvalue weighted by molar-refractivity contribution is 5.80. The molecule has 6 nitrogen and oxygen atoms in total. The number of aliphatic hydroxyl groups excluding tert-OH is 4. The number of rotatable bonds is 49. The van der Waals surface area contributed by atoms with Crippen LogP contribution in [-0.4, -0.2) is 57.3 Å². The van der Waals surface area contributed by atoms with E-state index < -0.39 is 36.9 Å². The molecule has 0 aromatic rings. The molecule has 0 radical (unpaired) electrons. The monoisotopic (exact) mass is 872 g/mol. The van der Waals surface area contributed by atoms with Crippen molar-refractivity contribution in [2.24, 2.45) is 0 Å². The first-order valence-corrected chi connectivity index (χ1v) is 27.0. The molecule has 0 aliphatic carbocycles. The molecule has 0 bridgehead atoms. The molecule has 0 spiro atoms. The molecule has 1 amide bonds. The Balaban J connectivity index is 3.67. The molecule has 5 N–H and O–H groups in total. The lowest BCUT2D eigenvalue weighted by Crippen LogP contribution is -2.53. The number of aliphatic hydroxyl groups is 4. The first-order chi connectivity index (χ1) is 30.5. The van der Waals surface area contributed by atoms with E-state index in [1.54, 1.807) is 0 Å². The first-order valence-electron chi connectivity index (χ1n) is 27.0. The third-order valence-electron chi connectivity index (χ3n) is 12.5. The van der Waals surface area contributed by atoms with Crippen molar-refractivity contribution >= 4 is 5.91 Å². The van der Waals surface area contributed by atoms with Gasteiger partial charge in [0.1, 0.15) is 12.2 Å². The third-order valence-corrected chi connectivity index (χ3v) is 12.5. The van der Waals surface area contributed by atoms with E-state index >= 15 is 0 Å². The summed E-state index contributed by atoms with van der Waals surface area (Å²) in [6, 6.07) is -1.01. The van der Waals surface area contributed by atoms with Crippen molar-refractivity contribution in [3.05, 3.63) is 48.6 Å². The van der Waals surface area contributed by atoms with Crippen LogP contribution in [-0.2, 0) is 4.79 Å². The Kier molecular flexibility index (Phi) is 48.9. The standard InChI is InChI=1S/C56H105NO5/c1-3-5-7-9-11-13-15-17-19-21-22-23-24-25-26-27-28-29-30-31-32-34-36-38-40-42-44-46-48-50-54(60)56(62)57-52(51-58)55(61)53(59)49-47-45-43-41-39-37-35-33-20-18-16-14-12-10-8-6-4-2/h14,16,25-26,33,35,41,43,52-55,58-61H,3-13,15,17-24,27-32,34,36-40,42,44-51H2,1-2H3,(H,57,62)/b16-14+,26-25-,35-33+,43-41+. The smallest absolute Gasteiger partial charge is 0.249 e. The molecule has 0 aromatic heterocycles.